The third-order valence-corrected chi connectivity index (χ3v) is 10.1. The van der Waals surface area contributed by atoms with Crippen molar-refractivity contribution in [3.63, 3.8) is 0 Å². The molecule has 10 nitrogen and oxygen atoms in total. The number of pyridine rings is 1. The minimum Gasteiger partial charge on any atom is -0.477 e. The summed E-state index contributed by atoms with van der Waals surface area (Å²) >= 11 is 1.13. The molecule has 3 aliphatic heterocycles. The summed E-state index contributed by atoms with van der Waals surface area (Å²) in [5.41, 5.74) is 4.59. The Bertz CT molecular complexity index is 1870. The molecule has 2 N–H and O–H groups in total. The third kappa shape index (κ3) is 5.45. The lowest BCUT2D eigenvalue weighted by Crippen LogP contribution is -2.59. The number of aromatic carboxylic acids is 1. The van der Waals surface area contributed by atoms with Crippen LogP contribution >= 0.6 is 11.3 Å². The van der Waals surface area contributed by atoms with E-state index in [1.807, 2.05) is 44.2 Å². The van der Waals surface area contributed by atoms with Gasteiger partial charge in [0.25, 0.3) is 11.8 Å². The summed E-state index contributed by atoms with van der Waals surface area (Å²) in [7, 11) is 0. The van der Waals surface area contributed by atoms with Crippen LogP contribution in [-0.4, -0.2) is 65.9 Å². The molecule has 4 aromatic rings. The van der Waals surface area contributed by atoms with E-state index in [-0.39, 0.29) is 22.1 Å². The fourth-order valence-electron chi connectivity index (χ4n) is 6.50. The molecule has 0 bridgehead atoms. The molecule has 2 saturated heterocycles. The molecular formula is C35H33N5O5S. The average Bonchev–Trinajstić information content (AvgIpc) is 3.55. The second-order valence-corrected chi connectivity index (χ2v) is 13.3. The predicted octanol–water partition coefficient (Wildman–Crippen LogP) is 6.19. The molecule has 5 heterocycles. The number of amides is 2. The monoisotopic (exact) mass is 635 g/mol. The van der Waals surface area contributed by atoms with Crippen molar-refractivity contribution >= 4 is 57.7 Å². The van der Waals surface area contributed by atoms with Crippen molar-refractivity contribution in [2.75, 3.05) is 41.4 Å². The van der Waals surface area contributed by atoms with Crippen molar-refractivity contribution in [1.82, 2.24) is 4.98 Å². The van der Waals surface area contributed by atoms with Gasteiger partial charge in [-0.2, -0.15) is 0 Å². The molecule has 2 fully saturated rings. The summed E-state index contributed by atoms with van der Waals surface area (Å²) in [5.74, 6) is -0.803. The fraction of sp³-hybridized carbons (Fsp3) is 0.286. The molecule has 2 aromatic carbocycles. The Labute approximate surface area is 270 Å². The minimum atomic E-state index is -1.00. The van der Waals surface area contributed by atoms with E-state index in [4.69, 9.17) is 9.73 Å². The number of para-hydroxylation sites is 2. The van der Waals surface area contributed by atoms with E-state index in [0.29, 0.717) is 44.6 Å². The zero-order valence-corrected chi connectivity index (χ0v) is 26.3. The normalized spacial score (nSPS) is 18.4. The topological polar surface area (TPSA) is 124 Å². The smallest absolute Gasteiger partial charge is 0.345 e. The number of hydrogen-bond acceptors (Lipinski definition) is 8. The number of carbonyl (C=O) groups excluding carboxylic acids is 2. The number of thiophene rings is 1. The number of ether oxygens (including phenoxy) is 1. The van der Waals surface area contributed by atoms with E-state index < -0.39 is 12.0 Å². The van der Waals surface area contributed by atoms with Gasteiger partial charge in [0, 0.05) is 49.2 Å². The van der Waals surface area contributed by atoms with Gasteiger partial charge in [0.15, 0.2) is 0 Å². The van der Waals surface area contributed by atoms with E-state index in [1.54, 1.807) is 47.5 Å². The molecular weight excluding hydrogens is 602 g/mol. The fourth-order valence-corrected chi connectivity index (χ4v) is 7.42. The summed E-state index contributed by atoms with van der Waals surface area (Å²) in [6.07, 6.45) is 3.84. The standard InChI is InChI=1S/C35H33N5O5S/c1-21-17-25(31(36-18-21)39-19-35(20-39)13-15-45-16-14-35)32(41)37-24-9-7-23(8-10-24)33(42)40-22(2)30(28-11-12-29(46-28)34(43)44)38-26-5-3-4-6-27(26)40/h3-12,17-18,22H,13-16,19-20H2,1-2H3,(H,37,41)(H,43,44)/t22-/m1/s1. The van der Waals surface area contributed by atoms with E-state index in [0.717, 1.165) is 56.0 Å². The van der Waals surface area contributed by atoms with Gasteiger partial charge in [0.05, 0.1) is 33.6 Å². The van der Waals surface area contributed by atoms with Crippen LogP contribution in [0.3, 0.4) is 0 Å². The summed E-state index contributed by atoms with van der Waals surface area (Å²) < 4.78 is 5.55. The first-order valence-corrected chi connectivity index (χ1v) is 16.1. The van der Waals surface area contributed by atoms with Crippen LogP contribution in [0.1, 0.15) is 60.6 Å². The Morgan fingerprint density at radius 2 is 1.76 bits per heavy atom. The van der Waals surface area contributed by atoms with Gasteiger partial charge in [-0.15, -0.1) is 11.3 Å². The van der Waals surface area contributed by atoms with E-state index in [2.05, 4.69) is 15.2 Å². The van der Waals surface area contributed by atoms with Crippen LogP contribution in [0.5, 0.6) is 0 Å². The molecule has 7 rings (SSSR count). The second-order valence-electron chi connectivity index (χ2n) is 12.2. The Balaban J connectivity index is 1.09. The SMILES string of the molecule is Cc1cnc(N2CC3(CCOCC3)C2)c(C(=O)Nc2ccc(C(=O)N3c4ccccc4N=C(c4ccc(C(=O)O)s4)[C@H]3C)cc2)c1. The lowest BCUT2D eigenvalue weighted by molar-refractivity contribution is -0.000512. The highest BCUT2D eigenvalue weighted by atomic mass is 32.1. The molecule has 2 amide bonds. The molecule has 11 heteroatoms. The Morgan fingerprint density at radius 1 is 1.02 bits per heavy atom. The molecule has 0 aliphatic carbocycles. The van der Waals surface area contributed by atoms with Gasteiger partial charge in [-0.1, -0.05) is 12.1 Å². The lowest BCUT2D eigenvalue weighted by Gasteiger charge is -2.53. The van der Waals surface area contributed by atoms with Gasteiger partial charge in [-0.3, -0.25) is 14.5 Å². The first-order chi connectivity index (χ1) is 22.2. The summed E-state index contributed by atoms with van der Waals surface area (Å²) in [6.45, 7) is 7.09. The number of hydrogen-bond donors (Lipinski definition) is 2. The Morgan fingerprint density at radius 3 is 2.48 bits per heavy atom. The number of benzene rings is 2. The maximum Gasteiger partial charge on any atom is 0.345 e. The van der Waals surface area contributed by atoms with Crippen LogP contribution in [0.25, 0.3) is 0 Å². The van der Waals surface area contributed by atoms with E-state index in [9.17, 15) is 19.5 Å². The lowest BCUT2D eigenvalue weighted by atomic mass is 9.73. The molecule has 0 saturated carbocycles. The van der Waals surface area contributed by atoms with Gasteiger partial charge >= 0.3 is 5.97 Å². The molecule has 46 heavy (non-hydrogen) atoms. The number of anilines is 3. The molecule has 2 aromatic heterocycles. The first-order valence-electron chi connectivity index (χ1n) is 15.3. The number of carboxylic acids is 1. The van der Waals surface area contributed by atoms with Crippen LogP contribution in [0, 0.1) is 12.3 Å². The van der Waals surface area contributed by atoms with Crippen LogP contribution < -0.4 is 15.1 Å². The zero-order chi connectivity index (χ0) is 32.0. The number of rotatable bonds is 6. The highest BCUT2D eigenvalue weighted by Crippen LogP contribution is 2.43. The molecule has 1 spiro atoms. The Kier molecular flexibility index (Phi) is 7.66. The van der Waals surface area contributed by atoms with Crippen molar-refractivity contribution < 1.29 is 24.2 Å². The van der Waals surface area contributed by atoms with Gasteiger partial charge < -0.3 is 20.1 Å². The first kappa shape index (κ1) is 29.8. The number of carboxylic acid groups (broad SMARTS) is 1. The van der Waals surface area contributed by atoms with Crippen molar-refractivity contribution in [2.45, 2.75) is 32.7 Å². The molecule has 0 radical (unpaired) electrons. The summed E-state index contributed by atoms with van der Waals surface area (Å²) in [6, 6.07) is 19.0. The van der Waals surface area contributed by atoms with Gasteiger partial charge in [-0.05, 0) is 86.8 Å². The van der Waals surface area contributed by atoms with E-state index in [1.165, 1.54) is 0 Å². The maximum absolute atomic E-state index is 14.0. The average molecular weight is 636 g/mol. The van der Waals surface area contributed by atoms with Crippen LogP contribution in [0.15, 0.2) is 77.9 Å². The molecule has 1 atom stereocenters. The van der Waals surface area contributed by atoms with Crippen molar-refractivity contribution in [3.8, 4) is 0 Å². The summed E-state index contributed by atoms with van der Waals surface area (Å²) in [4.78, 5) is 53.3. The van der Waals surface area contributed by atoms with Crippen LogP contribution in [0.4, 0.5) is 22.9 Å². The van der Waals surface area contributed by atoms with Crippen molar-refractivity contribution in [3.05, 3.63) is 99.4 Å². The zero-order valence-electron chi connectivity index (χ0n) is 25.5. The van der Waals surface area contributed by atoms with Gasteiger partial charge in [0.1, 0.15) is 10.7 Å². The van der Waals surface area contributed by atoms with Crippen molar-refractivity contribution in [1.29, 1.82) is 0 Å². The highest BCUT2D eigenvalue weighted by molar-refractivity contribution is 7.16. The van der Waals surface area contributed by atoms with Gasteiger partial charge in [-0.25, -0.2) is 14.8 Å². The minimum absolute atomic E-state index is 0.209. The largest absolute Gasteiger partial charge is 0.477 e. The van der Waals surface area contributed by atoms with Crippen molar-refractivity contribution in [2.24, 2.45) is 10.4 Å². The quantitative estimate of drug-likeness (QED) is 0.259. The van der Waals surface area contributed by atoms with Crippen LogP contribution in [0.2, 0.25) is 0 Å². The molecule has 234 valence electrons. The Hall–Kier alpha value is -4.87. The number of aryl methyl sites for hydroxylation is 1. The number of nitrogens with zero attached hydrogens (tertiary/aromatic N) is 4. The molecule has 0 unspecified atom stereocenters. The number of aromatic nitrogens is 1. The predicted molar refractivity (Wildman–Crippen MR) is 178 cm³/mol. The molecule has 3 aliphatic rings. The van der Waals surface area contributed by atoms with Crippen LogP contribution in [-0.2, 0) is 4.74 Å². The van der Waals surface area contributed by atoms with E-state index >= 15 is 0 Å². The second kappa shape index (κ2) is 11.8. The number of fused-ring (bicyclic) bond motifs is 1. The number of carbonyl (C=O) groups is 3. The number of nitrogens with one attached hydrogen (secondary N) is 1. The highest BCUT2D eigenvalue weighted by Gasteiger charge is 2.45. The summed E-state index contributed by atoms with van der Waals surface area (Å²) in [5, 5.41) is 12.4. The van der Waals surface area contributed by atoms with Gasteiger partial charge in [0.2, 0.25) is 0 Å². The maximum atomic E-state index is 14.0. The number of aliphatic imine (C=N–C) groups is 1. The third-order valence-electron chi connectivity index (χ3n) is 9.00.